The van der Waals surface area contributed by atoms with Gasteiger partial charge in [0.05, 0.1) is 5.92 Å². The van der Waals surface area contributed by atoms with Crippen molar-refractivity contribution in [2.45, 2.75) is 32.7 Å². The summed E-state index contributed by atoms with van der Waals surface area (Å²) in [6.45, 7) is 4.11. The first-order valence-electron chi connectivity index (χ1n) is 8.14. The summed E-state index contributed by atoms with van der Waals surface area (Å²) in [7, 11) is 0. The maximum Gasteiger partial charge on any atom is 0.313 e. The standard InChI is InChI=1S/C20H23NO3/c1-3-18(17-7-5-4-6-8-17)20(23)24-14-19(22)21-13-16-11-9-15(2)10-12-16/h4-12,18H,3,13-14H2,1-2H3,(H,21,22)/t18-/m1/s1. The van der Waals surface area contributed by atoms with Crippen LogP contribution < -0.4 is 5.32 Å². The molecule has 0 fully saturated rings. The highest BCUT2D eigenvalue weighted by Crippen LogP contribution is 2.20. The summed E-state index contributed by atoms with van der Waals surface area (Å²) in [4.78, 5) is 24.0. The molecule has 0 aliphatic heterocycles. The van der Waals surface area contributed by atoms with E-state index in [4.69, 9.17) is 4.74 Å². The monoisotopic (exact) mass is 325 g/mol. The summed E-state index contributed by atoms with van der Waals surface area (Å²) < 4.78 is 5.17. The van der Waals surface area contributed by atoms with Gasteiger partial charge in [0.15, 0.2) is 6.61 Å². The Labute approximate surface area is 142 Å². The normalized spacial score (nSPS) is 11.6. The van der Waals surface area contributed by atoms with Crippen molar-refractivity contribution >= 4 is 11.9 Å². The second-order valence-electron chi connectivity index (χ2n) is 5.74. The summed E-state index contributed by atoms with van der Waals surface area (Å²) in [6.07, 6.45) is 0.633. The molecule has 0 aliphatic rings. The Hall–Kier alpha value is -2.62. The van der Waals surface area contributed by atoms with Gasteiger partial charge in [-0.2, -0.15) is 0 Å². The highest BCUT2D eigenvalue weighted by molar-refractivity contribution is 5.83. The van der Waals surface area contributed by atoms with Gasteiger partial charge in [0.2, 0.25) is 0 Å². The second-order valence-corrected chi connectivity index (χ2v) is 5.74. The molecule has 1 atom stereocenters. The van der Waals surface area contributed by atoms with E-state index in [2.05, 4.69) is 5.32 Å². The van der Waals surface area contributed by atoms with E-state index < -0.39 is 0 Å². The number of carbonyl (C=O) groups is 2. The van der Waals surface area contributed by atoms with Crippen LogP contribution in [0.15, 0.2) is 54.6 Å². The first-order chi connectivity index (χ1) is 11.6. The van der Waals surface area contributed by atoms with Crippen molar-refractivity contribution in [3.63, 3.8) is 0 Å². The molecule has 4 nitrogen and oxygen atoms in total. The van der Waals surface area contributed by atoms with Crippen molar-refractivity contribution < 1.29 is 14.3 Å². The number of aryl methyl sites for hydroxylation is 1. The largest absolute Gasteiger partial charge is 0.455 e. The average Bonchev–Trinajstić information content (AvgIpc) is 2.61. The number of rotatable bonds is 7. The van der Waals surface area contributed by atoms with Gasteiger partial charge in [0.1, 0.15) is 0 Å². The Balaban J connectivity index is 1.80. The van der Waals surface area contributed by atoms with Crippen LogP contribution in [0.1, 0.15) is 36.0 Å². The molecule has 4 heteroatoms. The van der Waals surface area contributed by atoms with Gasteiger partial charge in [0.25, 0.3) is 5.91 Å². The molecule has 0 bridgehead atoms. The lowest BCUT2D eigenvalue weighted by Crippen LogP contribution is -2.29. The van der Waals surface area contributed by atoms with Gasteiger partial charge in [-0.05, 0) is 24.5 Å². The van der Waals surface area contributed by atoms with Crippen LogP contribution in [0.4, 0.5) is 0 Å². The van der Waals surface area contributed by atoms with Crippen LogP contribution in [-0.2, 0) is 20.9 Å². The van der Waals surface area contributed by atoms with Crippen LogP contribution in [0.25, 0.3) is 0 Å². The van der Waals surface area contributed by atoms with Crippen LogP contribution in [0, 0.1) is 6.92 Å². The molecular formula is C20H23NO3. The third-order valence-electron chi connectivity index (χ3n) is 3.85. The first-order valence-corrected chi connectivity index (χ1v) is 8.14. The number of hydrogen-bond donors (Lipinski definition) is 1. The molecular weight excluding hydrogens is 302 g/mol. The third kappa shape index (κ3) is 5.23. The number of ether oxygens (including phenoxy) is 1. The van der Waals surface area contributed by atoms with E-state index in [0.29, 0.717) is 13.0 Å². The van der Waals surface area contributed by atoms with E-state index in [1.54, 1.807) is 0 Å². The molecule has 1 N–H and O–H groups in total. The fraction of sp³-hybridized carbons (Fsp3) is 0.300. The number of benzene rings is 2. The van der Waals surface area contributed by atoms with Crippen molar-refractivity contribution in [3.05, 3.63) is 71.3 Å². The number of amides is 1. The lowest BCUT2D eigenvalue weighted by molar-refractivity contribution is -0.150. The highest BCUT2D eigenvalue weighted by atomic mass is 16.5. The molecule has 2 aromatic rings. The Morgan fingerprint density at radius 3 is 2.33 bits per heavy atom. The van der Waals surface area contributed by atoms with E-state index in [0.717, 1.165) is 11.1 Å². The summed E-state index contributed by atoms with van der Waals surface area (Å²) in [5.74, 6) is -1.00. The van der Waals surface area contributed by atoms with Crippen molar-refractivity contribution in [2.75, 3.05) is 6.61 Å². The minimum Gasteiger partial charge on any atom is -0.455 e. The van der Waals surface area contributed by atoms with Gasteiger partial charge < -0.3 is 10.1 Å². The van der Waals surface area contributed by atoms with E-state index in [-0.39, 0.29) is 24.4 Å². The molecule has 0 unspecified atom stereocenters. The first kappa shape index (κ1) is 17.7. The van der Waals surface area contributed by atoms with Crippen LogP contribution >= 0.6 is 0 Å². The minimum absolute atomic E-state index is 0.256. The van der Waals surface area contributed by atoms with Crippen molar-refractivity contribution in [1.82, 2.24) is 5.32 Å². The molecule has 0 aromatic heterocycles. The van der Waals surface area contributed by atoms with Gasteiger partial charge in [-0.15, -0.1) is 0 Å². The van der Waals surface area contributed by atoms with Gasteiger partial charge in [-0.1, -0.05) is 67.1 Å². The predicted octanol–water partition coefficient (Wildman–Crippen LogP) is 3.35. The number of esters is 1. The summed E-state index contributed by atoms with van der Waals surface area (Å²) in [6, 6.07) is 17.4. The maximum atomic E-state index is 12.2. The molecule has 1 amide bonds. The van der Waals surface area contributed by atoms with Gasteiger partial charge in [-0.25, -0.2) is 0 Å². The van der Waals surface area contributed by atoms with E-state index in [1.165, 1.54) is 5.56 Å². The molecule has 0 heterocycles. The number of carbonyl (C=O) groups excluding carboxylic acids is 2. The second kappa shape index (κ2) is 8.87. The smallest absolute Gasteiger partial charge is 0.313 e. The maximum absolute atomic E-state index is 12.2. The Bertz CT molecular complexity index is 665. The van der Waals surface area contributed by atoms with E-state index in [9.17, 15) is 9.59 Å². The van der Waals surface area contributed by atoms with Crippen molar-refractivity contribution in [1.29, 1.82) is 0 Å². The third-order valence-corrected chi connectivity index (χ3v) is 3.85. The fourth-order valence-electron chi connectivity index (χ4n) is 2.42. The molecule has 0 radical (unpaired) electrons. The summed E-state index contributed by atoms with van der Waals surface area (Å²) in [5, 5.41) is 2.75. The Morgan fingerprint density at radius 2 is 1.71 bits per heavy atom. The molecule has 0 saturated heterocycles. The number of nitrogens with one attached hydrogen (secondary N) is 1. The molecule has 126 valence electrons. The molecule has 2 rings (SSSR count). The molecule has 0 saturated carbocycles. The van der Waals surface area contributed by atoms with Crippen molar-refractivity contribution in [3.8, 4) is 0 Å². The lowest BCUT2D eigenvalue weighted by Gasteiger charge is -2.14. The zero-order chi connectivity index (χ0) is 17.4. The SMILES string of the molecule is CC[C@@H](C(=O)OCC(=O)NCc1ccc(C)cc1)c1ccccc1. The zero-order valence-corrected chi connectivity index (χ0v) is 14.1. The van der Waals surface area contributed by atoms with E-state index >= 15 is 0 Å². The Morgan fingerprint density at radius 1 is 1.04 bits per heavy atom. The predicted molar refractivity (Wildman–Crippen MR) is 93.5 cm³/mol. The van der Waals surface area contributed by atoms with Crippen LogP contribution in [0.2, 0.25) is 0 Å². The molecule has 24 heavy (non-hydrogen) atoms. The zero-order valence-electron chi connectivity index (χ0n) is 14.1. The molecule has 0 aliphatic carbocycles. The quantitative estimate of drug-likeness (QED) is 0.794. The van der Waals surface area contributed by atoms with Gasteiger partial charge in [0, 0.05) is 6.54 Å². The van der Waals surface area contributed by atoms with E-state index in [1.807, 2.05) is 68.4 Å². The van der Waals surface area contributed by atoms with Crippen LogP contribution in [0.3, 0.4) is 0 Å². The van der Waals surface area contributed by atoms with Crippen molar-refractivity contribution in [2.24, 2.45) is 0 Å². The van der Waals surface area contributed by atoms with Crippen LogP contribution in [-0.4, -0.2) is 18.5 Å². The molecule has 2 aromatic carbocycles. The average molecular weight is 325 g/mol. The minimum atomic E-state index is -0.366. The number of hydrogen-bond acceptors (Lipinski definition) is 3. The van der Waals surface area contributed by atoms with Crippen LogP contribution in [0.5, 0.6) is 0 Å². The Kier molecular flexibility index (Phi) is 6.55. The highest BCUT2D eigenvalue weighted by Gasteiger charge is 2.20. The fourth-order valence-corrected chi connectivity index (χ4v) is 2.42. The summed E-state index contributed by atoms with van der Waals surface area (Å²) in [5.41, 5.74) is 3.09. The van der Waals surface area contributed by atoms with Gasteiger partial charge in [-0.3, -0.25) is 9.59 Å². The van der Waals surface area contributed by atoms with Gasteiger partial charge >= 0.3 is 5.97 Å². The summed E-state index contributed by atoms with van der Waals surface area (Å²) >= 11 is 0. The molecule has 0 spiro atoms. The topological polar surface area (TPSA) is 55.4 Å². The lowest BCUT2D eigenvalue weighted by atomic mass is 9.97.